The quantitative estimate of drug-likeness (QED) is 0.837. The molecule has 0 aliphatic rings. The van der Waals surface area contributed by atoms with Gasteiger partial charge in [0, 0.05) is 11.8 Å². The van der Waals surface area contributed by atoms with E-state index in [4.69, 9.17) is 5.26 Å². The minimum atomic E-state index is -3.41. The third-order valence-corrected chi connectivity index (χ3v) is 5.03. The minimum Gasteiger partial charge on any atom is -0.212 e. The lowest BCUT2D eigenvalue weighted by Gasteiger charge is -2.14. The van der Waals surface area contributed by atoms with E-state index in [0.29, 0.717) is 11.1 Å². The Kier molecular flexibility index (Phi) is 6.35. The number of benzene rings is 1. The van der Waals surface area contributed by atoms with Crippen LogP contribution in [0.2, 0.25) is 0 Å². The Bertz CT molecular complexity index is 550. The summed E-state index contributed by atoms with van der Waals surface area (Å²) in [4.78, 5) is 0. The van der Waals surface area contributed by atoms with Gasteiger partial charge >= 0.3 is 0 Å². The van der Waals surface area contributed by atoms with Gasteiger partial charge in [-0.25, -0.2) is 13.1 Å². The van der Waals surface area contributed by atoms with Crippen LogP contribution in [0.3, 0.4) is 0 Å². The van der Waals surface area contributed by atoms with Gasteiger partial charge in [-0.1, -0.05) is 25.1 Å². The molecule has 1 unspecified atom stereocenters. The smallest absolute Gasteiger partial charge is 0.212 e. The van der Waals surface area contributed by atoms with Gasteiger partial charge in [-0.05, 0) is 24.3 Å². The lowest BCUT2D eigenvalue weighted by atomic mass is 10.1. The number of rotatable bonds is 7. The van der Waals surface area contributed by atoms with Crippen molar-refractivity contribution >= 4 is 21.8 Å². The summed E-state index contributed by atoms with van der Waals surface area (Å²) in [5.74, 6) is 1.55. The summed E-state index contributed by atoms with van der Waals surface area (Å²) in [6.07, 6.45) is 0. The molecule has 104 valence electrons. The van der Waals surface area contributed by atoms with E-state index in [1.165, 1.54) is 0 Å². The number of nitrogens with zero attached hydrogens (tertiary/aromatic N) is 1. The van der Waals surface area contributed by atoms with E-state index in [0.717, 1.165) is 11.5 Å². The monoisotopic (exact) mass is 298 g/mol. The predicted molar refractivity (Wildman–Crippen MR) is 79.4 cm³/mol. The van der Waals surface area contributed by atoms with Crippen LogP contribution >= 0.6 is 11.8 Å². The van der Waals surface area contributed by atoms with Crippen molar-refractivity contribution < 1.29 is 8.42 Å². The Labute approximate surface area is 119 Å². The number of sulfonamides is 1. The molecule has 1 atom stereocenters. The Morgan fingerprint density at radius 2 is 2.11 bits per heavy atom. The number of hydrogen-bond donors (Lipinski definition) is 1. The van der Waals surface area contributed by atoms with Gasteiger partial charge in [-0.3, -0.25) is 0 Å². The molecule has 0 heterocycles. The summed E-state index contributed by atoms with van der Waals surface area (Å²) < 4.78 is 26.7. The molecule has 1 N–H and O–H groups in total. The average molecular weight is 298 g/mol. The molecule has 0 aliphatic carbocycles. The topological polar surface area (TPSA) is 70.0 Å². The predicted octanol–water partition coefficient (Wildman–Crippen LogP) is 2.12. The highest BCUT2D eigenvalue weighted by molar-refractivity contribution is 7.99. The van der Waals surface area contributed by atoms with Crippen molar-refractivity contribution in [3.8, 4) is 6.07 Å². The second-order valence-corrected chi connectivity index (χ2v) is 7.28. The van der Waals surface area contributed by atoms with Gasteiger partial charge < -0.3 is 0 Å². The summed E-state index contributed by atoms with van der Waals surface area (Å²) in [7, 11) is -3.41. The fourth-order valence-corrected chi connectivity index (χ4v) is 3.86. The molecule has 1 aromatic rings. The zero-order chi connectivity index (χ0) is 14.3. The van der Waals surface area contributed by atoms with E-state index >= 15 is 0 Å². The van der Waals surface area contributed by atoms with Crippen LogP contribution < -0.4 is 4.72 Å². The Hall–Kier alpha value is -1.03. The third-order valence-electron chi connectivity index (χ3n) is 2.44. The first-order chi connectivity index (χ1) is 8.98. The molecule has 0 fully saturated rings. The van der Waals surface area contributed by atoms with Crippen molar-refractivity contribution in [1.29, 1.82) is 5.26 Å². The van der Waals surface area contributed by atoms with E-state index in [2.05, 4.69) is 4.72 Å². The Morgan fingerprint density at radius 1 is 1.42 bits per heavy atom. The van der Waals surface area contributed by atoms with E-state index < -0.39 is 10.0 Å². The van der Waals surface area contributed by atoms with Crippen LogP contribution in [0.4, 0.5) is 0 Å². The number of nitriles is 1. The van der Waals surface area contributed by atoms with E-state index in [1.807, 2.05) is 19.9 Å². The Balaban J connectivity index is 2.72. The lowest BCUT2D eigenvalue weighted by Crippen LogP contribution is -2.35. The molecule has 0 saturated heterocycles. The molecule has 0 bridgehead atoms. The standard InChI is InChI=1S/C13H18N2O2S2/c1-3-18-9-11(2)15-19(16,17)10-13-7-5-4-6-12(13)8-14/h4-7,11,15H,3,9-10H2,1-2H3. The SMILES string of the molecule is CCSCC(C)NS(=O)(=O)Cc1ccccc1C#N. The van der Waals surface area contributed by atoms with Gasteiger partial charge in [-0.15, -0.1) is 0 Å². The highest BCUT2D eigenvalue weighted by Crippen LogP contribution is 2.12. The van der Waals surface area contributed by atoms with Crippen LogP contribution in [0.5, 0.6) is 0 Å². The first-order valence-electron chi connectivity index (χ1n) is 6.04. The molecular formula is C13H18N2O2S2. The van der Waals surface area contributed by atoms with Crippen molar-refractivity contribution in [3.63, 3.8) is 0 Å². The maximum Gasteiger partial charge on any atom is 0.216 e. The van der Waals surface area contributed by atoms with Crippen LogP contribution in [0.25, 0.3) is 0 Å². The number of nitrogens with one attached hydrogen (secondary N) is 1. The molecule has 1 aromatic carbocycles. The molecule has 6 heteroatoms. The van der Waals surface area contributed by atoms with Gasteiger partial charge in [0.05, 0.1) is 17.4 Å². The molecule has 19 heavy (non-hydrogen) atoms. The van der Waals surface area contributed by atoms with Crippen LogP contribution in [-0.2, 0) is 15.8 Å². The summed E-state index contributed by atoms with van der Waals surface area (Å²) >= 11 is 1.69. The molecule has 0 saturated carbocycles. The first kappa shape index (κ1) is 16.0. The van der Waals surface area contributed by atoms with Crippen LogP contribution in [0, 0.1) is 11.3 Å². The molecule has 0 amide bonds. The second-order valence-electron chi connectivity index (χ2n) is 4.21. The fourth-order valence-electron chi connectivity index (χ4n) is 1.64. The Morgan fingerprint density at radius 3 is 2.74 bits per heavy atom. The zero-order valence-electron chi connectivity index (χ0n) is 11.1. The fraction of sp³-hybridized carbons (Fsp3) is 0.462. The lowest BCUT2D eigenvalue weighted by molar-refractivity contribution is 0.570. The molecule has 0 aliphatic heterocycles. The summed E-state index contributed by atoms with van der Waals surface area (Å²) in [6, 6.07) is 8.66. The summed E-state index contributed by atoms with van der Waals surface area (Å²) in [5, 5.41) is 8.94. The number of hydrogen-bond acceptors (Lipinski definition) is 4. The van der Waals surface area contributed by atoms with E-state index in [9.17, 15) is 8.42 Å². The largest absolute Gasteiger partial charge is 0.216 e. The molecule has 0 radical (unpaired) electrons. The molecule has 1 rings (SSSR count). The first-order valence-corrected chi connectivity index (χ1v) is 8.85. The summed E-state index contributed by atoms with van der Waals surface area (Å²) in [6.45, 7) is 3.88. The van der Waals surface area contributed by atoms with Crippen molar-refractivity contribution in [2.24, 2.45) is 0 Å². The highest BCUT2D eigenvalue weighted by Gasteiger charge is 2.16. The van der Waals surface area contributed by atoms with Gasteiger partial charge in [-0.2, -0.15) is 17.0 Å². The molecule has 0 spiro atoms. The van der Waals surface area contributed by atoms with Crippen molar-refractivity contribution in [1.82, 2.24) is 4.72 Å². The van der Waals surface area contributed by atoms with Gasteiger partial charge in [0.1, 0.15) is 0 Å². The molecular weight excluding hydrogens is 280 g/mol. The summed E-state index contributed by atoms with van der Waals surface area (Å²) in [5.41, 5.74) is 0.941. The second kappa shape index (κ2) is 7.53. The van der Waals surface area contributed by atoms with Gasteiger partial charge in [0.25, 0.3) is 0 Å². The van der Waals surface area contributed by atoms with Gasteiger partial charge in [0.15, 0.2) is 0 Å². The van der Waals surface area contributed by atoms with Crippen molar-refractivity contribution in [3.05, 3.63) is 35.4 Å². The maximum atomic E-state index is 12.0. The minimum absolute atomic E-state index is 0.107. The molecule has 4 nitrogen and oxygen atoms in total. The number of thioether (sulfide) groups is 1. The van der Waals surface area contributed by atoms with Crippen LogP contribution in [-0.4, -0.2) is 26.0 Å². The maximum absolute atomic E-state index is 12.0. The van der Waals surface area contributed by atoms with E-state index in [1.54, 1.807) is 36.0 Å². The van der Waals surface area contributed by atoms with Crippen LogP contribution in [0.15, 0.2) is 24.3 Å². The zero-order valence-corrected chi connectivity index (χ0v) is 12.7. The van der Waals surface area contributed by atoms with Crippen LogP contribution in [0.1, 0.15) is 25.0 Å². The highest BCUT2D eigenvalue weighted by atomic mass is 32.2. The normalized spacial score (nSPS) is 12.9. The van der Waals surface area contributed by atoms with Crippen molar-refractivity contribution in [2.75, 3.05) is 11.5 Å². The third kappa shape index (κ3) is 5.64. The molecule has 0 aromatic heterocycles. The van der Waals surface area contributed by atoms with Gasteiger partial charge in [0.2, 0.25) is 10.0 Å². The average Bonchev–Trinajstić information content (AvgIpc) is 2.36. The van der Waals surface area contributed by atoms with E-state index in [-0.39, 0.29) is 11.8 Å². The van der Waals surface area contributed by atoms with Crippen molar-refractivity contribution in [2.45, 2.75) is 25.6 Å².